The minimum Gasteiger partial charge on any atom is -0.476 e. The molecule has 0 bridgehead atoms. The number of hydrogen-bond acceptors (Lipinski definition) is 3. The molecule has 0 radical (unpaired) electrons. The van der Waals surface area contributed by atoms with Crippen LogP contribution in [-0.2, 0) is 13.0 Å². The Morgan fingerprint density at radius 2 is 2.19 bits per heavy atom. The van der Waals surface area contributed by atoms with E-state index in [-0.39, 0.29) is 5.41 Å². The lowest BCUT2D eigenvalue weighted by Crippen LogP contribution is -2.16. The van der Waals surface area contributed by atoms with Gasteiger partial charge in [0.15, 0.2) is 0 Å². The monoisotopic (exact) mass is 220 g/mol. The van der Waals surface area contributed by atoms with Gasteiger partial charge in [0, 0.05) is 24.3 Å². The van der Waals surface area contributed by atoms with Crippen molar-refractivity contribution in [2.45, 2.75) is 33.7 Å². The molecule has 1 aliphatic rings. The van der Waals surface area contributed by atoms with Crippen molar-refractivity contribution in [3.8, 4) is 5.88 Å². The van der Waals surface area contributed by atoms with Crippen molar-refractivity contribution >= 4 is 0 Å². The Morgan fingerprint density at radius 1 is 1.38 bits per heavy atom. The first-order valence-electron chi connectivity index (χ1n) is 5.87. The van der Waals surface area contributed by atoms with Crippen LogP contribution in [0.1, 0.15) is 32.0 Å². The molecule has 88 valence electrons. The van der Waals surface area contributed by atoms with Crippen LogP contribution in [0.4, 0.5) is 0 Å². The van der Waals surface area contributed by atoms with Crippen LogP contribution in [0.2, 0.25) is 0 Å². The highest BCUT2D eigenvalue weighted by Gasteiger charge is 2.15. The first-order valence-corrected chi connectivity index (χ1v) is 5.87. The fourth-order valence-corrected chi connectivity index (χ4v) is 1.85. The van der Waals surface area contributed by atoms with E-state index < -0.39 is 0 Å². The van der Waals surface area contributed by atoms with Crippen molar-refractivity contribution in [2.24, 2.45) is 5.41 Å². The molecule has 0 aliphatic carbocycles. The van der Waals surface area contributed by atoms with Crippen LogP contribution in [0.3, 0.4) is 0 Å². The molecule has 1 aliphatic heterocycles. The molecule has 3 nitrogen and oxygen atoms in total. The fraction of sp³-hybridized carbons (Fsp3) is 0.615. The summed E-state index contributed by atoms with van der Waals surface area (Å²) in [4.78, 5) is 4.60. The Bertz CT molecular complexity index is 369. The predicted octanol–water partition coefficient (Wildman–Crippen LogP) is 2.15. The zero-order chi connectivity index (χ0) is 11.6. The van der Waals surface area contributed by atoms with E-state index >= 15 is 0 Å². The summed E-state index contributed by atoms with van der Waals surface area (Å²) in [6, 6.07) is 4.24. The molecule has 2 heterocycles. The molecule has 0 unspecified atom stereocenters. The van der Waals surface area contributed by atoms with E-state index in [9.17, 15) is 0 Å². The maximum Gasteiger partial charge on any atom is 0.218 e. The summed E-state index contributed by atoms with van der Waals surface area (Å²) >= 11 is 0. The number of aromatic nitrogens is 1. The van der Waals surface area contributed by atoms with Gasteiger partial charge in [-0.05, 0) is 17.9 Å². The normalized spacial score (nSPS) is 16.2. The van der Waals surface area contributed by atoms with Crippen molar-refractivity contribution in [2.75, 3.05) is 13.2 Å². The Morgan fingerprint density at radius 3 is 2.94 bits per heavy atom. The smallest absolute Gasteiger partial charge is 0.218 e. The van der Waals surface area contributed by atoms with Gasteiger partial charge in [0.05, 0.1) is 0 Å². The zero-order valence-electron chi connectivity index (χ0n) is 10.3. The van der Waals surface area contributed by atoms with E-state index in [1.807, 2.05) is 0 Å². The van der Waals surface area contributed by atoms with Crippen molar-refractivity contribution in [3.05, 3.63) is 23.4 Å². The van der Waals surface area contributed by atoms with E-state index in [2.05, 4.69) is 43.2 Å². The Kier molecular flexibility index (Phi) is 3.15. The highest BCUT2D eigenvalue weighted by atomic mass is 16.5. The summed E-state index contributed by atoms with van der Waals surface area (Å²) < 4.78 is 5.63. The minimum atomic E-state index is 0.268. The Hall–Kier alpha value is -1.09. The largest absolute Gasteiger partial charge is 0.476 e. The second kappa shape index (κ2) is 4.42. The molecule has 0 atom stereocenters. The summed E-state index contributed by atoms with van der Waals surface area (Å²) in [5, 5.41) is 3.31. The molecule has 0 spiro atoms. The first-order chi connectivity index (χ1) is 7.54. The molecular formula is C13H20N2O. The second-order valence-corrected chi connectivity index (χ2v) is 5.53. The summed E-state index contributed by atoms with van der Waals surface area (Å²) in [6.45, 7) is 9.14. The fourth-order valence-electron chi connectivity index (χ4n) is 1.85. The molecule has 2 rings (SSSR count). The van der Waals surface area contributed by atoms with Gasteiger partial charge in [-0.2, -0.15) is 0 Å². The lowest BCUT2D eigenvalue weighted by molar-refractivity contribution is 0.311. The van der Waals surface area contributed by atoms with Crippen molar-refractivity contribution in [1.82, 2.24) is 10.3 Å². The van der Waals surface area contributed by atoms with Gasteiger partial charge in [-0.1, -0.05) is 26.8 Å². The number of rotatable bonds is 1. The van der Waals surface area contributed by atoms with Gasteiger partial charge in [-0.3, -0.25) is 0 Å². The lowest BCUT2D eigenvalue weighted by atomic mass is 9.90. The third kappa shape index (κ3) is 2.95. The number of nitrogens with one attached hydrogen (secondary N) is 1. The number of nitrogens with zero attached hydrogens (tertiary/aromatic N) is 1. The maximum atomic E-state index is 5.63. The quantitative estimate of drug-likeness (QED) is 0.787. The molecule has 1 aromatic heterocycles. The molecule has 1 N–H and O–H groups in total. The Labute approximate surface area is 97.2 Å². The molecule has 0 fully saturated rings. The number of ether oxygens (including phenoxy) is 1. The summed E-state index contributed by atoms with van der Waals surface area (Å²) in [5.41, 5.74) is 2.55. The van der Waals surface area contributed by atoms with Crippen molar-refractivity contribution in [1.29, 1.82) is 0 Å². The molecule has 1 aromatic rings. The van der Waals surface area contributed by atoms with Crippen LogP contribution in [0, 0.1) is 5.41 Å². The summed E-state index contributed by atoms with van der Waals surface area (Å²) in [7, 11) is 0. The number of fused-ring (bicyclic) bond motifs is 1. The third-order valence-corrected chi connectivity index (χ3v) is 2.54. The molecule has 16 heavy (non-hydrogen) atoms. The maximum absolute atomic E-state index is 5.63. The van der Waals surface area contributed by atoms with Gasteiger partial charge in [0.2, 0.25) is 5.88 Å². The van der Waals surface area contributed by atoms with E-state index in [4.69, 9.17) is 4.74 Å². The van der Waals surface area contributed by atoms with E-state index in [0.717, 1.165) is 36.6 Å². The van der Waals surface area contributed by atoms with Crippen LogP contribution in [0.5, 0.6) is 5.88 Å². The van der Waals surface area contributed by atoms with E-state index in [1.54, 1.807) is 0 Å². The Balaban J connectivity index is 2.21. The first kappa shape index (κ1) is 11.4. The van der Waals surface area contributed by atoms with Gasteiger partial charge < -0.3 is 10.1 Å². The summed E-state index contributed by atoms with van der Waals surface area (Å²) in [6.07, 6.45) is 0.983. The van der Waals surface area contributed by atoms with E-state index in [0.29, 0.717) is 6.61 Å². The van der Waals surface area contributed by atoms with Gasteiger partial charge in [0.1, 0.15) is 6.61 Å². The van der Waals surface area contributed by atoms with Crippen LogP contribution < -0.4 is 10.1 Å². The van der Waals surface area contributed by atoms with Crippen LogP contribution in [0.25, 0.3) is 0 Å². The SMILES string of the molecule is CC(C)(C)Cc1ccc2c(n1)OCCNC2. The van der Waals surface area contributed by atoms with Gasteiger partial charge in [0.25, 0.3) is 0 Å². The molecule has 0 saturated heterocycles. The van der Waals surface area contributed by atoms with E-state index in [1.165, 1.54) is 0 Å². The average Bonchev–Trinajstić information content (AvgIpc) is 2.39. The van der Waals surface area contributed by atoms with Crippen LogP contribution in [-0.4, -0.2) is 18.1 Å². The van der Waals surface area contributed by atoms with Crippen LogP contribution >= 0.6 is 0 Å². The standard InChI is InChI=1S/C13H20N2O/c1-13(2,3)8-11-5-4-10-9-14-6-7-16-12(10)15-11/h4-5,14H,6-9H2,1-3H3. The van der Waals surface area contributed by atoms with Crippen molar-refractivity contribution < 1.29 is 4.74 Å². The highest BCUT2D eigenvalue weighted by Crippen LogP contribution is 2.23. The third-order valence-electron chi connectivity index (χ3n) is 2.54. The molecule has 0 aromatic carbocycles. The minimum absolute atomic E-state index is 0.268. The van der Waals surface area contributed by atoms with Crippen LogP contribution in [0.15, 0.2) is 12.1 Å². The van der Waals surface area contributed by atoms with Crippen molar-refractivity contribution in [3.63, 3.8) is 0 Å². The average molecular weight is 220 g/mol. The highest BCUT2D eigenvalue weighted by molar-refractivity contribution is 5.29. The number of hydrogen-bond donors (Lipinski definition) is 1. The summed E-state index contributed by atoms with van der Waals surface area (Å²) in [5.74, 6) is 0.812. The molecule has 0 saturated carbocycles. The van der Waals surface area contributed by atoms with Gasteiger partial charge >= 0.3 is 0 Å². The molecule has 3 heteroatoms. The predicted molar refractivity (Wildman–Crippen MR) is 64.6 cm³/mol. The number of pyridine rings is 1. The molecular weight excluding hydrogens is 200 g/mol. The topological polar surface area (TPSA) is 34.1 Å². The molecule has 0 amide bonds. The zero-order valence-corrected chi connectivity index (χ0v) is 10.3. The lowest BCUT2D eigenvalue weighted by Gasteiger charge is -2.18. The van der Waals surface area contributed by atoms with Gasteiger partial charge in [-0.25, -0.2) is 4.98 Å². The second-order valence-electron chi connectivity index (χ2n) is 5.53. The van der Waals surface area contributed by atoms with Gasteiger partial charge in [-0.15, -0.1) is 0 Å².